The Hall–Kier alpha value is -3.32. The van der Waals surface area contributed by atoms with Crippen LogP contribution in [-0.4, -0.2) is 19.2 Å². The summed E-state index contributed by atoms with van der Waals surface area (Å²) >= 11 is 4.05. The molecule has 0 heterocycles. The summed E-state index contributed by atoms with van der Waals surface area (Å²) in [5, 5.41) is 0. The summed E-state index contributed by atoms with van der Waals surface area (Å²) < 4.78 is 18.4. The highest BCUT2D eigenvalue weighted by atomic mass is 32.1. The lowest BCUT2D eigenvalue weighted by Gasteiger charge is -2.14. The fraction of sp³-hybridized carbons (Fsp3) is 0.208. The summed E-state index contributed by atoms with van der Waals surface area (Å²) in [7, 11) is 0. The molecule has 0 aliphatic rings. The SMILES string of the molecule is NC(=O)N(S)c1cccc(OCCCCCOc2ccc(Oc3ccccc3)cc2)c1. The Kier molecular flexibility index (Phi) is 8.48. The van der Waals surface area contributed by atoms with Crippen LogP contribution in [0.5, 0.6) is 23.0 Å². The Morgan fingerprint density at radius 2 is 1.32 bits per heavy atom. The van der Waals surface area contributed by atoms with E-state index in [1.165, 1.54) is 0 Å². The van der Waals surface area contributed by atoms with E-state index in [1.807, 2.05) is 60.7 Å². The van der Waals surface area contributed by atoms with Crippen LogP contribution in [0, 0.1) is 0 Å². The number of unbranched alkanes of at least 4 members (excludes halogenated alkanes) is 2. The molecule has 0 radical (unpaired) electrons. The lowest BCUT2D eigenvalue weighted by molar-refractivity contribution is 0.257. The molecule has 7 heteroatoms. The number of nitrogens with zero attached hydrogens (tertiary/aromatic N) is 1. The maximum atomic E-state index is 11.2. The predicted octanol–water partition coefficient (Wildman–Crippen LogP) is 5.84. The van der Waals surface area contributed by atoms with Crippen LogP contribution in [-0.2, 0) is 0 Å². The molecule has 0 aliphatic heterocycles. The number of hydrogen-bond acceptors (Lipinski definition) is 5. The largest absolute Gasteiger partial charge is 0.494 e. The summed E-state index contributed by atoms with van der Waals surface area (Å²) in [4.78, 5) is 11.2. The van der Waals surface area contributed by atoms with E-state index in [0.29, 0.717) is 24.7 Å². The van der Waals surface area contributed by atoms with E-state index in [0.717, 1.165) is 40.8 Å². The highest BCUT2D eigenvalue weighted by molar-refractivity contribution is 7.82. The number of primary amides is 1. The topological polar surface area (TPSA) is 74.0 Å². The fourth-order valence-corrected chi connectivity index (χ4v) is 2.95. The van der Waals surface area contributed by atoms with Crippen LogP contribution in [0.3, 0.4) is 0 Å². The van der Waals surface area contributed by atoms with Gasteiger partial charge in [0.15, 0.2) is 0 Å². The third kappa shape index (κ3) is 7.46. The molecule has 0 spiro atoms. The van der Waals surface area contributed by atoms with E-state index >= 15 is 0 Å². The second-order valence-electron chi connectivity index (χ2n) is 6.79. The van der Waals surface area contributed by atoms with Crippen LogP contribution < -0.4 is 24.2 Å². The molecule has 0 fully saturated rings. The van der Waals surface area contributed by atoms with Gasteiger partial charge in [-0.2, -0.15) is 0 Å². The molecule has 0 aromatic heterocycles. The third-order valence-corrected chi connectivity index (χ3v) is 4.83. The first-order chi connectivity index (χ1) is 15.1. The molecule has 0 aliphatic carbocycles. The van der Waals surface area contributed by atoms with Crippen LogP contribution in [0.15, 0.2) is 78.9 Å². The van der Waals surface area contributed by atoms with Crippen molar-refractivity contribution in [3.63, 3.8) is 0 Å². The smallest absolute Gasteiger partial charge is 0.329 e. The second kappa shape index (κ2) is 11.8. The minimum absolute atomic E-state index is 0.571. The Morgan fingerprint density at radius 3 is 2.00 bits per heavy atom. The Labute approximate surface area is 188 Å². The molecule has 0 saturated heterocycles. The summed E-state index contributed by atoms with van der Waals surface area (Å²) in [6.07, 6.45) is 2.81. The first-order valence-corrected chi connectivity index (χ1v) is 10.5. The average molecular weight is 439 g/mol. The Bertz CT molecular complexity index is 951. The number of para-hydroxylation sites is 1. The number of hydrogen-bond donors (Lipinski definition) is 2. The van der Waals surface area contributed by atoms with E-state index < -0.39 is 6.03 Å². The van der Waals surface area contributed by atoms with Crippen LogP contribution in [0.2, 0.25) is 0 Å². The maximum Gasteiger partial charge on any atom is 0.329 e. The number of anilines is 1. The van der Waals surface area contributed by atoms with Crippen molar-refractivity contribution >= 4 is 24.5 Å². The van der Waals surface area contributed by atoms with Crippen molar-refractivity contribution in [1.82, 2.24) is 0 Å². The van der Waals surface area contributed by atoms with Crippen LogP contribution >= 0.6 is 12.8 Å². The van der Waals surface area contributed by atoms with E-state index in [2.05, 4.69) is 12.8 Å². The molecule has 31 heavy (non-hydrogen) atoms. The lowest BCUT2D eigenvalue weighted by atomic mass is 10.2. The number of carbonyl (C=O) groups is 1. The normalized spacial score (nSPS) is 10.4. The van der Waals surface area contributed by atoms with E-state index in [4.69, 9.17) is 19.9 Å². The zero-order chi connectivity index (χ0) is 21.9. The molecule has 3 rings (SSSR count). The minimum atomic E-state index is -0.640. The van der Waals surface area contributed by atoms with Crippen LogP contribution in [0.1, 0.15) is 19.3 Å². The Morgan fingerprint density at radius 1 is 0.742 bits per heavy atom. The quantitative estimate of drug-likeness (QED) is 0.291. The van der Waals surface area contributed by atoms with Crippen molar-refractivity contribution in [3.8, 4) is 23.0 Å². The number of carbonyl (C=O) groups excluding carboxylic acids is 1. The molecule has 162 valence electrons. The van der Waals surface area contributed by atoms with Gasteiger partial charge >= 0.3 is 6.03 Å². The van der Waals surface area contributed by atoms with Gasteiger partial charge in [-0.15, -0.1) is 0 Å². The number of thiol groups is 1. The minimum Gasteiger partial charge on any atom is -0.494 e. The van der Waals surface area contributed by atoms with Gasteiger partial charge in [-0.1, -0.05) is 37.1 Å². The van der Waals surface area contributed by atoms with Crippen molar-refractivity contribution in [2.24, 2.45) is 5.73 Å². The number of nitrogens with two attached hydrogens (primary N) is 1. The molecule has 0 bridgehead atoms. The molecule has 0 saturated carbocycles. The van der Waals surface area contributed by atoms with Gasteiger partial charge in [-0.25, -0.2) is 9.10 Å². The number of rotatable bonds is 11. The number of urea groups is 1. The number of ether oxygens (including phenoxy) is 3. The van der Waals surface area contributed by atoms with Gasteiger partial charge in [0.25, 0.3) is 0 Å². The van der Waals surface area contributed by atoms with E-state index in [1.54, 1.807) is 18.2 Å². The molecular formula is C24H26N2O4S. The number of benzene rings is 3. The van der Waals surface area contributed by atoms with Crippen molar-refractivity contribution in [3.05, 3.63) is 78.9 Å². The molecule has 2 amide bonds. The third-order valence-electron chi connectivity index (χ3n) is 4.40. The van der Waals surface area contributed by atoms with Gasteiger partial charge in [0, 0.05) is 6.07 Å². The highest BCUT2D eigenvalue weighted by Crippen LogP contribution is 2.24. The molecule has 6 nitrogen and oxygen atoms in total. The van der Waals surface area contributed by atoms with Crippen molar-refractivity contribution < 1.29 is 19.0 Å². The van der Waals surface area contributed by atoms with Crippen molar-refractivity contribution in [1.29, 1.82) is 0 Å². The second-order valence-corrected chi connectivity index (χ2v) is 7.19. The predicted molar refractivity (Wildman–Crippen MR) is 125 cm³/mol. The average Bonchev–Trinajstić information content (AvgIpc) is 2.80. The maximum absolute atomic E-state index is 11.2. The Balaban J connectivity index is 1.30. The summed E-state index contributed by atoms with van der Waals surface area (Å²) in [6, 6.07) is 23.7. The molecule has 3 aromatic carbocycles. The zero-order valence-corrected chi connectivity index (χ0v) is 18.0. The molecule has 2 N–H and O–H groups in total. The summed E-state index contributed by atoms with van der Waals surface area (Å²) in [6.45, 7) is 1.22. The van der Waals surface area contributed by atoms with Gasteiger partial charge in [-0.3, -0.25) is 0 Å². The first kappa shape index (κ1) is 22.4. The van der Waals surface area contributed by atoms with Gasteiger partial charge in [-0.05, 0) is 67.8 Å². The summed E-state index contributed by atoms with van der Waals surface area (Å²) in [5.74, 6) is 3.07. The van der Waals surface area contributed by atoms with Crippen LogP contribution in [0.4, 0.5) is 10.5 Å². The van der Waals surface area contributed by atoms with Crippen molar-refractivity contribution in [2.75, 3.05) is 17.5 Å². The van der Waals surface area contributed by atoms with Crippen molar-refractivity contribution in [2.45, 2.75) is 19.3 Å². The lowest BCUT2D eigenvalue weighted by Crippen LogP contribution is -2.27. The highest BCUT2D eigenvalue weighted by Gasteiger charge is 2.08. The van der Waals surface area contributed by atoms with Gasteiger partial charge < -0.3 is 19.9 Å². The van der Waals surface area contributed by atoms with Gasteiger partial charge in [0.05, 0.1) is 18.9 Å². The monoisotopic (exact) mass is 438 g/mol. The van der Waals surface area contributed by atoms with E-state index in [9.17, 15) is 4.79 Å². The van der Waals surface area contributed by atoms with E-state index in [-0.39, 0.29) is 0 Å². The molecular weight excluding hydrogens is 412 g/mol. The van der Waals surface area contributed by atoms with Gasteiger partial charge in [0.2, 0.25) is 0 Å². The summed E-state index contributed by atoms with van der Waals surface area (Å²) in [5.41, 5.74) is 5.79. The molecule has 0 atom stereocenters. The molecule has 3 aromatic rings. The van der Waals surface area contributed by atoms with Crippen LogP contribution in [0.25, 0.3) is 0 Å². The van der Waals surface area contributed by atoms with Gasteiger partial charge in [0.1, 0.15) is 23.0 Å². The zero-order valence-electron chi connectivity index (χ0n) is 17.1. The fourth-order valence-electron chi connectivity index (χ4n) is 2.82. The standard InChI is InChI=1S/C24H26N2O4S/c25-24(27)26(31)19-8-7-11-23(18-19)29-17-6-2-5-16-28-20-12-14-22(15-13-20)30-21-9-3-1-4-10-21/h1,3-4,7-15,18,31H,2,5-6,16-17H2,(H2,25,27). The molecule has 0 unspecified atom stereocenters. The number of amides is 2. The first-order valence-electron chi connectivity index (χ1n) is 10.1.